The summed E-state index contributed by atoms with van der Waals surface area (Å²) in [7, 11) is 0. The Morgan fingerprint density at radius 3 is 2.50 bits per heavy atom. The molecule has 3 nitrogen and oxygen atoms in total. The molecule has 2 rings (SSSR count). The van der Waals surface area contributed by atoms with Crippen LogP contribution in [-0.4, -0.2) is 24.5 Å². The van der Waals surface area contributed by atoms with Crippen molar-refractivity contribution < 1.29 is 9.53 Å². The van der Waals surface area contributed by atoms with Gasteiger partial charge in [0.05, 0.1) is 6.10 Å². The monoisotopic (exact) mass is 247 g/mol. The van der Waals surface area contributed by atoms with Gasteiger partial charge in [-0.25, -0.2) is 0 Å². The van der Waals surface area contributed by atoms with E-state index in [2.05, 4.69) is 32.0 Å². The molecule has 3 heteroatoms. The molecule has 0 aliphatic carbocycles. The number of carbonyl (C=O) groups excluding carboxylic acids is 1. The second-order valence-electron chi connectivity index (χ2n) is 5.20. The maximum Gasteiger partial charge on any atom is 0.165 e. The molecule has 2 unspecified atom stereocenters. The fourth-order valence-corrected chi connectivity index (χ4v) is 2.60. The highest BCUT2D eigenvalue weighted by Gasteiger charge is 2.29. The van der Waals surface area contributed by atoms with Crippen LogP contribution in [0.1, 0.15) is 29.5 Å². The molecule has 0 amide bonds. The van der Waals surface area contributed by atoms with Gasteiger partial charge in [0.25, 0.3) is 0 Å². The zero-order chi connectivity index (χ0) is 13.1. The number of hydrogen-bond acceptors (Lipinski definition) is 3. The molecule has 1 heterocycles. The van der Waals surface area contributed by atoms with Crippen molar-refractivity contribution in [1.29, 1.82) is 0 Å². The summed E-state index contributed by atoms with van der Waals surface area (Å²) >= 11 is 0. The largest absolute Gasteiger partial charge is 0.366 e. The molecule has 2 atom stereocenters. The Kier molecular flexibility index (Phi) is 4.15. The van der Waals surface area contributed by atoms with Gasteiger partial charge in [-0.3, -0.25) is 4.79 Å². The molecule has 1 aromatic rings. The molecule has 1 aliphatic rings. The number of benzene rings is 1. The van der Waals surface area contributed by atoms with Crippen LogP contribution in [0.25, 0.3) is 0 Å². The van der Waals surface area contributed by atoms with Crippen LogP contribution in [0.5, 0.6) is 0 Å². The molecule has 0 bridgehead atoms. The van der Waals surface area contributed by atoms with Gasteiger partial charge in [-0.05, 0) is 32.3 Å². The molecular weight excluding hydrogens is 226 g/mol. The van der Waals surface area contributed by atoms with Crippen molar-refractivity contribution in [3.63, 3.8) is 0 Å². The maximum atomic E-state index is 12.1. The summed E-state index contributed by atoms with van der Waals surface area (Å²) in [5.74, 6) is 0.177. The van der Waals surface area contributed by atoms with E-state index in [0.29, 0.717) is 13.0 Å². The van der Waals surface area contributed by atoms with Gasteiger partial charge in [-0.15, -0.1) is 0 Å². The van der Waals surface area contributed by atoms with Crippen molar-refractivity contribution in [3.05, 3.63) is 34.9 Å². The van der Waals surface area contributed by atoms with Crippen LogP contribution in [0.15, 0.2) is 18.2 Å². The van der Waals surface area contributed by atoms with E-state index in [0.717, 1.165) is 18.4 Å². The second kappa shape index (κ2) is 5.63. The van der Waals surface area contributed by atoms with Gasteiger partial charge in [0.15, 0.2) is 5.78 Å². The SMILES string of the molecule is Cc1cc(C)cc(CC(=O)C2CCC(CN)O2)c1. The standard InChI is InChI=1S/C15H21NO2/c1-10-5-11(2)7-12(6-10)8-14(17)15-4-3-13(9-16)18-15/h5-7,13,15H,3-4,8-9,16H2,1-2H3. The molecule has 1 aromatic carbocycles. The van der Waals surface area contributed by atoms with E-state index in [-0.39, 0.29) is 18.0 Å². The summed E-state index contributed by atoms with van der Waals surface area (Å²) in [4.78, 5) is 12.1. The van der Waals surface area contributed by atoms with Gasteiger partial charge < -0.3 is 10.5 Å². The Labute approximate surface area is 108 Å². The van der Waals surface area contributed by atoms with Gasteiger partial charge in [-0.1, -0.05) is 29.3 Å². The predicted molar refractivity (Wildman–Crippen MR) is 71.6 cm³/mol. The lowest BCUT2D eigenvalue weighted by Gasteiger charge is -2.12. The summed E-state index contributed by atoms with van der Waals surface area (Å²) in [6.45, 7) is 4.61. The van der Waals surface area contributed by atoms with E-state index in [1.54, 1.807) is 0 Å². The molecule has 1 saturated heterocycles. The number of nitrogens with two attached hydrogens (primary N) is 1. The van der Waals surface area contributed by atoms with E-state index in [9.17, 15) is 4.79 Å². The number of ketones is 1. The third kappa shape index (κ3) is 3.18. The number of carbonyl (C=O) groups is 1. The average molecular weight is 247 g/mol. The summed E-state index contributed by atoms with van der Waals surface area (Å²) in [5.41, 5.74) is 9.03. The fraction of sp³-hybridized carbons (Fsp3) is 0.533. The maximum absolute atomic E-state index is 12.1. The lowest BCUT2D eigenvalue weighted by molar-refractivity contribution is -0.128. The lowest BCUT2D eigenvalue weighted by Crippen LogP contribution is -2.26. The number of hydrogen-bond donors (Lipinski definition) is 1. The van der Waals surface area contributed by atoms with Crippen LogP contribution in [0.4, 0.5) is 0 Å². The van der Waals surface area contributed by atoms with Crippen molar-refractivity contribution in [3.8, 4) is 0 Å². The first-order chi connectivity index (χ1) is 8.58. The molecule has 2 N–H and O–H groups in total. The normalized spacial score (nSPS) is 23.3. The van der Waals surface area contributed by atoms with Crippen molar-refractivity contribution in [1.82, 2.24) is 0 Å². The molecule has 98 valence electrons. The van der Waals surface area contributed by atoms with Crippen molar-refractivity contribution >= 4 is 5.78 Å². The summed E-state index contributed by atoms with van der Waals surface area (Å²) in [6.07, 6.45) is 1.99. The van der Waals surface area contributed by atoms with Crippen LogP contribution in [0, 0.1) is 13.8 Å². The van der Waals surface area contributed by atoms with Crippen molar-refractivity contribution in [2.75, 3.05) is 6.54 Å². The fourth-order valence-electron chi connectivity index (χ4n) is 2.60. The highest BCUT2D eigenvalue weighted by atomic mass is 16.5. The minimum Gasteiger partial charge on any atom is -0.366 e. The smallest absolute Gasteiger partial charge is 0.165 e. The Balaban J connectivity index is 1.99. The highest BCUT2D eigenvalue weighted by Crippen LogP contribution is 2.21. The van der Waals surface area contributed by atoms with Crippen LogP contribution in [0.2, 0.25) is 0 Å². The Morgan fingerprint density at radius 2 is 1.94 bits per heavy atom. The number of Topliss-reactive ketones (excluding diaryl/α,β-unsaturated/α-hetero) is 1. The Morgan fingerprint density at radius 1 is 1.28 bits per heavy atom. The quantitative estimate of drug-likeness (QED) is 0.884. The van der Waals surface area contributed by atoms with Crippen LogP contribution in [0.3, 0.4) is 0 Å². The molecule has 1 aliphatic heterocycles. The van der Waals surface area contributed by atoms with Crippen LogP contribution < -0.4 is 5.73 Å². The first-order valence-electron chi connectivity index (χ1n) is 6.54. The van der Waals surface area contributed by atoms with E-state index >= 15 is 0 Å². The predicted octanol–water partition coefficient (Wildman–Crippen LogP) is 1.92. The Bertz CT molecular complexity index is 422. The second-order valence-corrected chi connectivity index (χ2v) is 5.20. The van der Waals surface area contributed by atoms with Gasteiger partial charge in [0.2, 0.25) is 0 Å². The first-order valence-corrected chi connectivity index (χ1v) is 6.54. The minimum atomic E-state index is -0.251. The molecule has 0 aromatic heterocycles. The van der Waals surface area contributed by atoms with Crippen molar-refractivity contribution in [2.45, 2.75) is 45.3 Å². The van der Waals surface area contributed by atoms with Crippen LogP contribution >= 0.6 is 0 Å². The first kappa shape index (κ1) is 13.2. The van der Waals surface area contributed by atoms with E-state index < -0.39 is 0 Å². The summed E-state index contributed by atoms with van der Waals surface area (Å²) < 4.78 is 5.63. The zero-order valence-corrected chi connectivity index (χ0v) is 11.1. The van der Waals surface area contributed by atoms with Crippen LogP contribution in [-0.2, 0) is 16.0 Å². The van der Waals surface area contributed by atoms with Gasteiger partial charge in [0.1, 0.15) is 6.10 Å². The molecular formula is C15H21NO2. The number of ether oxygens (including phenoxy) is 1. The van der Waals surface area contributed by atoms with Gasteiger partial charge in [0, 0.05) is 13.0 Å². The average Bonchev–Trinajstić information content (AvgIpc) is 2.75. The summed E-state index contributed by atoms with van der Waals surface area (Å²) in [5, 5.41) is 0. The minimum absolute atomic E-state index is 0.0678. The molecule has 1 fully saturated rings. The van der Waals surface area contributed by atoms with E-state index in [1.807, 2.05) is 0 Å². The molecule has 18 heavy (non-hydrogen) atoms. The molecule has 0 radical (unpaired) electrons. The van der Waals surface area contributed by atoms with E-state index in [4.69, 9.17) is 10.5 Å². The topological polar surface area (TPSA) is 52.3 Å². The number of aryl methyl sites for hydroxylation is 2. The van der Waals surface area contributed by atoms with Crippen molar-refractivity contribution in [2.24, 2.45) is 5.73 Å². The van der Waals surface area contributed by atoms with E-state index in [1.165, 1.54) is 11.1 Å². The third-order valence-electron chi connectivity index (χ3n) is 3.39. The van der Waals surface area contributed by atoms with Gasteiger partial charge >= 0.3 is 0 Å². The molecule has 0 saturated carbocycles. The number of rotatable bonds is 4. The highest BCUT2D eigenvalue weighted by molar-refractivity contribution is 5.85. The summed E-state index contributed by atoms with van der Waals surface area (Å²) in [6, 6.07) is 6.25. The van der Waals surface area contributed by atoms with Gasteiger partial charge in [-0.2, -0.15) is 0 Å². The molecule has 0 spiro atoms. The Hall–Kier alpha value is -1.19. The third-order valence-corrected chi connectivity index (χ3v) is 3.39. The zero-order valence-electron chi connectivity index (χ0n) is 11.1. The lowest BCUT2D eigenvalue weighted by atomic mass is 10.00.